The number of ether oxygens (including phenoxy) is 4. The summed E-state index contributed by atoms with van der Waals surface area (Å²) in [6, 6.07) is 6.09. The number of benzene rings is 1. The molecule has 0 aliphatic rings. The minimum Gasteiger partial charge on any atom is -0.467 e. The molecule has 0 radical (unpaired) electrons. The average molecular weight is 294 g/mol. The lowest BCUT2D eigenvalue weighted by Gasteiger charge is -2.31. The van der Waals surface area contributed by atoms with Crippen molar-refractivity contribution in [2.24, 2.45) is 0 Å². The summed E-state index contributed by atoms with van der Waals surface area (Å²) in [6.45, 7) is 8.29. The van der Waals surface area contributed by atoms with Crippen molar-refractivity contribution >= 4 is 0 Å². The van der Waals surface area contributed by atoms with Gasteiger partial charge in [-0.1, -0.05) is 18.2 Å². The van der Waals surface area contributed by atoms with Gasteiger partial charge in [0.25, 0.3) is 0 Å². The highest BCUT2D eigenvalue weighted by Gasteiger charge is 2.30. The van der Waals surface area contributed by atoms with Crippen LogP contribution < -0.4 is 4.74 Å². The Morgan fingerprint density at radius 1 is 1.19 bits per heavy atom. The third kappa shape index (κ3) is 5.16. The van der Waals surface area contributed by atoms with Crippen LogP contribution in [0.5, 0.6) is 5.75 Å². The third-order valence-corrected chi connectivity index (χ3v) is 3.36. The van der Waals surface area contributed by atoms with Crippen LogP contribution in [-0.4, -0.2) is 27.8 Å². The first-order chi connectivity index (χ1) is 10.1. The summed E-state index contributed by atoms with van der Waals surface area (Å²) in [5.74, 6) is 0.777. The molecule has 1 unspecified atom stereocenters. The Morgan fingerprint density at radius 3 is 2.52 bits per heavy atom. The Labute approximate surface area is 127 Å². The minimum atomic E-state index is -0.499. The van der Waals surface area contributed by atoms with Gasteiger partial charge in [-0.2, -0.15) is 0 Å². The highest BCUT2D eigenvalue weighted by atomic mass is 16.7. The first-order valence-electron chi connectivity index (χ1n) is 7.04. The Bertz CT molecular complexity index is 444. The van der Waals surface area contributed by atoms with Crippen molar-refractivity contribution in [3.05, 3.63) is 42.0 Å². The number of allylic oxidation sites excluding steroid dienone is 1. The van der Waals surface area contributed by atoms with Crippen LogP contribution in [0, 0.1) is 6.92 Å². The zero-order valence-corrected chi connectivity index (χ0v) is 13.5. The van der Waals surface area contributed by atoms with Crippen LogP contribution in [0.4, 0.5) is 0 Å². The van der Waals surface area contributed by atoms with Gasteiger partial charge in [-0.05, 0) is 38.3 Å². The standard InChI is InChI=1S/C17H26O4/c1-6-7-10-17(3,21-13-19-5)15-9-8-14(2)11-16(15)20-12-18-4/h6,8-9,11H,1,7,10,12-13H2,2-5H3. The molecular weight excluding hydrogens is 268 g/mol. The van der Waals surface area contributed by atoms with Gasteiger partial charge in [0.1, 0.15) is 12.5 Å². The molecule has 0 aliphatic heterocycles. The summed E-state index contributed by atoms with van der Waals surface area (Å²) in [4.78, 5) is 0. The molecule has 1 rings (SSSR count). The molecule has 0 amide bonds. The maximum Gasteiger partial charge on any atom is 0.188 e. The van der Waals surface area contributed by atoms with Crippen molar-refractivity contribution in [3.8, 4) is 5.75 Å². The maximum absolute atomic E-state index is 5.94. The fourth-order valence-corrected chi connectivity index (χ4v) is 2.16. The largest absolute Gasteiger partial charge is 0.467 e. The summed E-state index contributed by atoms with van der Waals surface area (Å²) >= 11 is 0. The van der Waals surface area contributed by atoms with Crippen LogP contribution in [0.15, 0.2) is 30.9 Å². The van der Waals surface area contributed by atoms with Crippen molar-refractivity contribution in [2.45, 2.75) is 32.3 Å². The van der Waals surface area contributed by atoms with E-state index in [-0.39, 0.29) is 13.6 Å². The molecule has 0 aromatic heterocycles. The van der Waals surface area contributed by atoms with E-state index in [0.29, 0.717) is 0 Å². The second-order valence-electron chi connectivity index (χ2n) is 5.16. The van der Waals surface area contributed by atoms with Crippen LogP contribution in [0.1, 0.15) is 30.9 Å². The molecule has 0 bridgehead atoms. The quantitative estimate of drug-likeness (QED) is 0.486. The normalized spacial score (nSPS) is 13.7. The number of aryl methyl sites for hydroxylation is 1. The van der Waals surface area contributed by atoms with E-state index >= 15 is 0 Å². The Kier molecular flexibility index (Phi) is 7.43. The van der Waals surface area contributed by atoms with Gasteiger partial charge in [-0.25, -0.2) is 0 Å². The van der Waals surface area contributed by atoms with Crippen LogP contribution in [0.3, 0.4) is 0 Å². The lowest BCUT2D eigenvalue weighted by atomic mass is 9.89. The molecular formula is C17H26O4. The number of methoxy groups -OCH3 is 2. The van der Waals surface area contributed by atoms with Gasteiger partial charge >= 0.3 is 0 Å². The van der Waals surface area contributed by atoms with E-state index in [2.05, 4.69) is 12.6 Å². The number of hydrogen-bond acceptors (Lipinski definition) is 4. The lowest BCUT2D eigenvalue weighted by molar-refractivity contribution is -0.131. The molecule has 0 aliphatic carbocycles. The summed E-state index contributed by atoms with van der Waals surface area (Å²) in [7, 11) is 3.22. The van der Waals surface area contributed by atoms with E-state index in [1.807, 2.05) is 32.1 Å². The Balaban J connectivity index is 3.11. The molecule has 0 spiro atoms. The molecule has 0 saturated heterocycles. The monoisotopic (exact) mass is 294 g/mol. The number of rotatable bonds is 10. The summed E-state index contributed by atoms with van der Waals surface area (Å²) in [6.07, 6.45) is 3.53. The molecule has 4 nitrogen and oxygen atoms in total. The molecule has 0 saturated carbocycles. The van der Waals surface area contributed by atoms with Gasteiger partial charge in [0.05, 0.1) is 5.60 Å². The summed E-state index contributed by atoms with van der Waals surface area (Å²) < 4.78 is 21.7. The fourth-order valence-electron chi connectivity index (χ4n) is 2.16. The molecule has 0 heterocycles. The van der Waals surface area contributed by atoms with E-state index < -0.39 is 5.60 Å². The molecule has 1 aromatic rings. The summed E-state index contributed by atoms with van der Waals surface area (Å²) in [5.41, 5.74) is 1.62. The van der Waals surface area contributed by atoms with Crippen molar-refractivity contribution < 1.29 is 18.9 Å². The first kappa shape index (κ1) is 17.7. The van der Waals surface area contributed by atoms with Crippen LogP contribution in [0.25, 0.3) is 0 Å². The van der Waals surface area contributed by atoms with Crippen LogP contribution in [0.2, 0.25) is 0 Å². The fraction of sp³-hybridized carbons (Fsp3) is 0.529. The molecule has 1 atom stereocenters. The van der Waals surface area contributed by atoms with Crippen molar-refractivity contribution in [1.82, 2.24) is 0 Å². The zero-order valence-electron chi connectivity index (χ0n) is 13.5. The highest BCUT2D eigenvalue weighted by molar-refractivity contribution is 5.41. The minimum absolute atomic E-state index is 0.207. The Hall–Kier alpha value is -1.36. The van der Waals surface area contributed by atoms with Gasteiger partial charge in [-0.3, -0.25) is 0 Å². The second kappa shape index (κ2) is 8.82. The van der Waals surface area contributed by atoms with Gasteiger partial charge in [0.2, 0.25) is 0 Å². The molecule has 0 N–H and O–H groups in total. The first-order valence-corrected chi connectivity index (χ1v) is 7.04. The van der Waals surface area contributed by atoms with Crippen molar-refractivity contribution in [1.29, 1.82) is 0 Å². The average Bonchev–Trinajstić information content (AvgIpc) is 2.49. The molecule has 1 aromatic carbocycles. The smallest absolute Gasteiger partial charge is 0.188 e. The molecule has 118 valence electrons. The Morgan fingerprint density at radius 2 is 1.90 bits per heavy atom. The number of hydrogen-bond donors (Lipinski definition) is 0. The molecule has 4 heteroatoms. The van der Waals surface area contributed by atoms with Crippen LogP contribution >= 0.6 is 0 Å². The predicted molar refractivity (Wildman–Crippen MR) is 83.4 cm³/mol. The maximum atomic E-state index is 5.94. The third-order valence-electron chi connectivity index (χ3n) is 3.36. The topological polar surface area (TPSA) is 36.9 Å². The van der Waals surface area contributed by atoms with E-state index in [9.17, 15) is 0 Å². The van der Waals surface area contributed by atoms with E-state index in [0.717, 1.165) is 29.7 Å². The van der Waals surface area contributed by atoms with E-state index in [1.165, 1.54) is 0 Å². The molecule has 0 fully saturated rings. The SMILES string of the molecule is C=CCCC(C)(OCOC)c1ccc(C)cc1OCOC. The van der Waals surface area contributed by atoms with Gasteiger partial charge in [-0.15, -0.1) is 6.58 Å². The molecule has 21 heavy (non-hydrogen) atoms. The zero-order chi connectivity index (χ0) is 15.7. The highest BCUT2D eigenvalue weighted by Crippen LogP contribution is 2.37. The van der Waals surface area contributed by atoms with E-state index in [1.54, 1.807) is 14.2 Å². The van der Waals surface area contributed by atoms with Gasteiger partial charge < -0.3 is 18.9 Å². The van der Waals surface area contributed by atoms with Crippen LogP contribution in [-0.2, 0) is 19.8 Å². The van der Waals surface area contributed by atoms with Crippen molar-refractivity contribution in [2.75, 3.05) is 27.8 Å². The second-order valence-corrected chi connectivity index (χ2v) is 5.16. The predicted octanol–water partition coefficient (Wildman–Crippen LogP) is 3.78. The van der Waals surface area contributed by atoms with Gasteiger partial charge in [0.15, 0.2) is 6.79 Å². The lowest BCUT2D eigenvalue weighted by Crippen LogP contribution is -2.28. The van der Waals surface area contributed by atoms with Crippen molar-refractivity contribution in [3.63, 3.8) is 0 Å². The summed E-state index contributed by atoms with van der Waals surface area (Å²) in [5, 5.41) is 0. The van der Waals surface area contributed by atoms with Gasteiger partial charge in [0, 0.05) is 19.8 Å². The van der Waals surface area contributed by atoms with E-state index in [4.69, 9.17) is 18.9 Å².